The van der Waals surface area contributed by atoms with Crippen molar-refractivity contribution < 1.29 is 37.9 Å². The van der Waals surface area contributed by atoms with Crippen LogP contribution >= 0.6 is 7.82 Å². The fourth-order valence-corrected chi connectivity index (χ4v) is 4.73. The third kappa shape index (κ3) is 41.0. The van der Waals surface area contributed by atoms with Gasteiger partial charge in [-0.15, -0.1) is 0 Å². The van der Waals surface area contributed by atoms with Gasteiger partial charge in [-0.2, -0.15) is 0 Å². The van der Waals surface area contributed by atoms with Crippen molar-refractivity contribution in [2.24, 2.45) is 0 Å². The molecule has 0 unspecified atom stereocenters. The lowest BCUT2D eigenvalue weighted by molar-refractivity contribution is -0.161. The van der Waals surface area contributed by atoms with Crippen LogP contribution in [0, 0.1) is 0 Å². The molecule has 1 atom stereocenters. The fraction of sp³-hybridized carbons (Fsp3) is 0.467. The van der Waals surface area contributed by atoms with E-state index in [1.54, 1.807) is 0 Å². The van der Waals surface area contributed by atoms with Crippen molar-refractivity contribution in [1.82, 2.24) is 0 Å². The highest BCUT2D eigenvalue weighted by Gasteiger charge is 2.22. The van der Waals surface area contributed by atoms with Crippen LogP contribution in [0.25, 0.3) is 0 Å². The zero-order valence-corrected chi connectivity index (χ0v) is 33.7. The molecule has 9 heteroatoms. The lowest BCUT2D eigenvalue weighted by Gasteiger charge is -2.18. The van der Waals surface area contributed by atoms with Crippen LogP contribution < -0.4 is 0 Å². The van der Waals surface area contributed by atoms with E-state index in [0.29, 0.717) is 19.3 Å². The highest BCUT2D eigenvalue weighted by molar-refractivity contribution is 7.46. The van der Waals surface area contributed by atoms with Gasteiger partial charge in [0, 0.05) is 12.8 Å². The first-order valence-electron chi connectivity index (χ1n) is 19.5. The number of hydrogen-bond acceptors (Lipinski definition) is 6. The number of carbonyl (C=O) groups excluding carboxylic acids is 2. The minimum Gasteiger partial charge on any atom is -0.462 e. The molecule has 0 heterocycles. The second kappa shape index (κ2) is 38.9. The minimum absolute atomic E-state index is 0.108. The van der Waals surface area contributed by atoms with Gasteiger partial charge in [0.1, 0.15) is 6.61 Å². The molecular weight excluding hydrogens is 699 g/mol. The Hall–Kier alpha value is -3.81. The predicted molar refractivity (Wildman–Crippen MR) is 225 cm³/mol. The molecule has 0 aliphatic rings. The van der Waals surface area contributed by atoms with Crippen LogP contribution in [0.4, 0.5) is 0 Å². The standard InChI is InChI=1S/C45H67O8P/c1-3-5-7-9-11-13-15-17-19-21-22-24-25-27-29-31-33-35-37-39-44(46)51-41-43(42-52-54(48,49)50)53-45(47)40-38-36-34-32-30-28-26-23-20-18-16-14-12-10-8-6-4-2/h5-8,11-14,17-20,22,24,26-29,32-35,43H,3-4,9-10,15-16,21,23,25,30-31,36-42H2,1-2H3,(H2,48,49,50)/b7-5+,8-6+,13-11+,14-12+,19-17+,20-18+,24-22+,28-26+,29-27+,34-32+,35-33+/t43-/m1/s1. The largest absolute Gasteiger partial charge is 0.469 e. The van der Waals surface area contributed by atoms with Gasteiger partial charge in [-0.05, 0) is 89.9 Å². The van der Waals surface area contributed by atoms with Gasteiger partial charge in [-0.25, -0.2) is 4.57 Å². The van der Waals surface area contributed by atoms with Crippen molar-refractivity contribution in [3.05, 3.63) is 134 Å². The van der Waals surface area contributed by atoms with Crippen molar-refractivity contribution in [2.45, 2.75) is 123 Å². The average molecular weight is 767 g/mol. The van der Waals surface area contributed by atoms with Crippen LogP contribution in [0.15, 0.2) is 134 Å². The molecule has 8 nitrogen and oxygen atoms in total. The van der Waals surface area contributed by atoms with Crippen LogP contribution in [0.2, 0.25) is 0 Å². The van der Waals surface area contributed by atoms with Crippen LogP contribution in [-0.2, 0) is 28.2 Å². The SMILES string of the molecule is CC/C=C/C/C=C/C/C=C/C/C=C/C/C=C/C/C=C/CCC(=O)OC[C@H](COP(=O)(O)O)OC(=O)CCC/C=C/C/C=C/C/C=C/C/C=C/C/C=C/CC. The summed E-state index contributed by atoms with van der Waals surface area (Å²) < 4.78 is 26.2. The molecule has 0 rings (SSSR count). The highest BCUT2D eigenvalue weighted by Crippen LogP contribution is 2.35. The van der Waals surface area contributed by atoms with E-state index in [0.717, 1.165) is 70.6 Å². The van der Waals surface area contributed by atoms with Crippen LogP contribution in [0.3, 0.4) is 0 Å². The molecule has 0 saturated carbocycles. The van der Waals surface area contributed by atoms with E-state index in [1.807, 2.05) is 24.3 Å². The van der Waals surface area contributed by atoms with E-state index in [1.165, 1.54) is 0 Å². The summed E-state index contributed by atoms with van der Waals surface area (Å²) in [6.45, 7) is 3.31. The topological polar surface area (TPSA) is 119 Å². The van der Waals surface area contributed by atoms with E-state index in [9.17, 15) is 14.2 Å². The van der Waals surface area contributed by atoms with E-state index in [-0.39, 0.29) is 19.4 Å². The Bertz CT molecular complexity index is 1320. The Morgan fingerprint density at radius 3 is 1.20 bits per heavy atom. The molecule has 0 spiro atoms. The number of ether oxygens (including phenoxy) is 2. The second-order valence-electron chi connectivity index (χ2n) is 12.1. The monoisotopic (exact) mass is 766 g/mol. The number of hydrogen-bond donors (Lipinski definition) is 2. The van der Waals surface area contributed by atoms with Gasteiger partial charge >= 0.3 is 19.8 Å². The van der Waals surface area contributed by atoms with Gasteiger partial charge in [0.05, 0.1) is 6.61 Å². The predicted octanol–water partition coefficient (Wildman–Crippen LogP) is 12.0. The van der Waals surface area contributed by atoms with Gasteiger partial charge in [-0.3, -0.25) is 14.1 Å². The minimum atomic E-state index is -4.80. The van der Waals surface area contributed by atoms with E-state index < -0.39 is 32.5 Å². The van der Waals surface area contributed by atoms with Gasteiger partial charge < -0.3 is 19.3 Å². The number of rotatable bonds is 33. The first-order valence-corrected chi connectivity index (χ1v) is 21.0. The number of carbonyl (C=O) groups is 2. The van der Waals surface area contributed by atoms with Crippen LogP contribution in [-0.4, -0.2) is 41.0 Å². The maximum absolute atomic E-state index is 12.4. The third-order valence-electron chi connectivity index (χ3n) is 7.18. The summed E-state index contributed by atoms with van der Waals surface area (Å²) in [4.78, 5) is 42.7. The Kier molecular flexibility index (Phi) is 36.2. The molecule has 0 aromatic heterocycles. The summed E-state index contributed by atoms with van der Waals surface area (Å²) in [6, 6.07) is 0. The number of phosphoric ester groups is 1. The molecule has 0 aromatic rings. The molecular formula is C45H67O8P. The number of esters is 2. The molecule has 0 amide bonds. The zero-order chi connectivity index (χ0) is 39.6. The number of allylic oxidation sites excluding steroid dienone is 22. The molecule has 0 radical (unpaired) electrons. The summed E-state index contributed by atoms with van der Waals surface area (Å²) in [5.74, 6) is -1.07. The third-order valence-corrected chi connectivity index (χ3v) is 7.66. The highest BCUT2D eigenvalue weighted by atomic mass is 31.2. The maximum atomic E-state index is 12.4. The molecule has 2 N–H and O–H groups in total. The Morgan fingerprint density at radius 1 is 0.481 bits per heavy atom. The number of phosphoric acid groups is 1. The smallest absolute Gasteiger partial charge is 0.462 e. The fourth-order valence-electron chi connectivity index (χ4n) is 4.37. The summed E-state index contributed by atoms with van der Waals surface area (Å²) in [6.07, 6.45) is 57.6. The molecule has 54 heavy (non-hydrogen) atoms. The quantitative estimate of drug-likeness (QED) is 0.0293. The molecule has 0 aliphatic heterocycles. The second-order valence-corrected chi connectivity index (χ2v) is 13.4. The Balaban J connectivity index is 4.22. The van der Waals surface area contributed by atoms with Crippen molar-refractivity contribution >= 4 is 19.8 Å². The maximum Gasteiger partial charge on any atom is 0.469 e. The molecule has 0 bridgehead atoms. The van der Waals surface area contributed by atoms with Gasteiger partial charge in [0.15, 0.2) is 6.10 Å². The lowest BCUT2D eigenvalue weighted by Crippen LogP contribution is -2.29. The Morgan fingerprint density at radius 2 is 0.833 bits per heavy atom. The van der Waals surface area contributed by atoms with E-state index in [2.05, 4.69) is 128 Å². The lowest BCUT2D eigenvalue weighted by atomic mass is 10.2. The van der Waals surface area contributed by atoms with Gasteiger partial charge in [0.2, 0.25) is 0 Å². The van der Waals surface area contributed by atoms with Gasteiger partial charge in [0.25, 0.3) is 0 Å². The average Bonchev–Trinajstić information content (AvgIpc) is 3.14. The first kappa shape index (κ1) is 50.2. The summed E-state index contributed by atoms with van der Waals surface area (Å²) in [5, 5.41) is 0. The van der Waals surface area contributed by atoms with Gasteiger partial charge in [-0.1, -0.05) is 148 Å². The Labute approximate surface area is 326 Å². The van der Waals surface area contributed by atoms with Crippen LogP contribution in [0.1, 0.15) is 117 Å². The normalized spacial score (nSPS) is 13.9. The molecule has 0 aromatic carbocycles. The zero-order valence-electron chi connectivity index (χ0n) is 32.8. The van der Waals surface area contributed by atoms with Crippen molar-refractivity contribution in [1.29, 1.82) is 0 Å². The van der Waals surface area contributed by atoms with E-state index in [4.69, 9.17) is 19.3 Å². The van der Waals surface area contributed by atoms with Crippen molar-refractivity contribution in [3.63, 3.8) is 0 Å². The van der Waals surface area contributed by atoms with E-state index >= 15 is 0 Å². The summed E-state index contributed by atoms with van der Waals surface area (Å²) >= 11 is 0. The number of unbranched alkanes of at least 4 members (excludes halogenated alkanes) is 1. The summed E-state index contributed by atoms with van der Waals surface area (Å²) in [7, 11) is -4.80. The summed E-state index contributed by atoms with van der Waals surface area (Å²) in [5.41, 5.74) is 0. The van der Waals surface area contributed by atoms with Crippen LogP contribution in [0.5, 0.6) is 0 Å². The first-order chi connectivity index (χ1) is 26.3. The molecule has 0 saturated heterocycles. The molecule has 300 valence electrons. The van der Waals surface area contributed by atoms with Crippen molar-refractivity contribution in [2.75, 3.05) is 13.2 Å². The molecule has 0 fully saturated rings. The molecule has 0 aliphatic carbocycles. The van der Waals surface area contributed by atoms with Crippen molar-refractivity contribution in [3.8, 4) is 0 Å².